The number of benzene rings is 1. The summed E-state index contributed by atoms with van der Waals surface area (Å²) >= 11 is 0. The van der Waals surface area contributed by atoms with Gasteiger partial charge in [-0.1, -0.05) is 19.4 Å². The molecule has 0 unspecified atom stereocenters. The van der Waals surface area contributed by atoms with Crippen LogP contribution in [0.1, 0.15) is 52.8 Å². The highest BCUT2D eigenvalue weighted by molar-refractivity contribution is 6.02. The summed E-state index contributed by atoms with van der Waals surface area (Å²) in [5.41, 5.74) is 12.6. The van der Waals surface area contributed by atoms with Gasteiger partial charge in [0.2, 0.25) is 0 Å². The first-order valence-corrected chi connectivity index (χ1v) is 10.1. The average molecular weight is 395 g/mol. The van der Waals surface area contributed by atoms with Crippen molar-refractivity contribution in [3.05, 3.63) is 58.9 Å². The van der Waals surface area contributed by atoms with Crippen molar-refractivity contribution in [2.45, 2.75) is 53.0 Å². The molecule has 0 saturated carbocycles. The summed E-state index contributed by atoms with van der Waals surface area (Å²) in [5.74, 6) is 0.448. The van der Waals surface area contributed by atoms with Crippen molar-refractivity contribution in [2.75, 3.05) is 7.11 Å². The molecule has 1 aromatic carbocycles. The van der Waals surface area contributed by atoms with E-state index < -0.39 is 0 Å². The van der Waals surface area contributed by atoms with E-state index >= 15 is 0 Å². The smallest absolute Gasteiger partial charge is 0.251 e. The van der Waals surface area contributed by atoms with E-state index in [9.17, 15) is 4.79 Å². The fraction of sp³-hybridized carbons (Fsp3) is 0.391. The molecule has 0 aliphatic rings. The van der Waals surface area contributed by atoms with Gasteiger partial charge in [0.1, 0.15) is 5.75 Å². The predicted octanol–water partition coefficient (Wildman–Crippen LogP) is 4.19. The molecule has 3 N–H and O–H groups in total. The first-order chi connectivity index (χ1) is 14.0. The number of hydrogen-bond donors (Lipinski definition) is 2. The van der Waals surface area contributed by atoms with E-state index in [-0.39, 0.29) is 5.91 Å². The van der Waals surface area contributed by atoms with Crippen LogP contribution in [0.2, 0.25) is 0 Å². The number of carbonyl (C=O) groups is 1. The maximum absolute atomic E-state index is 12.5. The summed E-state index contributed by atoms with van der Waals surface area (Å²) in [5, 5.41) is 0. The van der Waals surface area contributed by atoms with Crippen molar-refractivity contribution >= 4 is 5.91 Å². The molecular formula is C23H30N4O2. The van der Waals surface area contributed by atoms with Crippen molar-refractivity contribution in [2.24, 2.45) is 5.73 Å². The van der Waals surface area contributed by atoms with E-state index in [4.69, 9.17) is 10.5 Å². The van der Waals surface area contributed by atoms with Crippen LogP contribution in [0.4, 0.5) is 0 Å². The summed E-state index contributed by atoms with van der Waals surface area (Å²) in [6, 6.07) is 6.05. The first kappa shape index (κ1) is 20.7. The molecule has 3 aromatic rings. The van der Waals surface area contributed by atoms with Crippen molar-refractivity contribution < 1.29 is 9.53 Å². The van der Waals surface area contributed by atoms with E-state index in [1.54, 1.807) is 13.4 Å². The largest absolute Gasteiger partial charge is 0.496 e. The Bertz CT molecular complexity index is 987. The molecule has 6 nitrogen and oxygen atoms in total. The van der Waals surface area contributed by atoms with Gasteiger partial charge in [-0.2, -0.15) is 0 Å². The van der Waals surface area contributed by atoms with Gasteiger partial charge >= 0.3 is 0 Å². The molecule has 0 radical (unpaired) electrons. The molecule has 154 valence electrons. The van der Waals surface area contributed by atoms with Gasteiger partial charge in [0.15, 0.2) is 0 Å². The maximum atomic E-state index is 12.5. The number of aromatic amines is 1. The lowest BCUT2D eigenvalue weighted by Gasteiger charge is -2.14. The summed E-state index contributed by atoms with van der Waals surface area (Å²) in [6.07, 6.45) is 7.37. The zero-order valence-corrected chi connectivity index (χ0v) is 17.7. The SMILES string of the molecule is CCCCc1c(-c2ccc(OC)c(C)c2)c(C(N)=O)c(C)n1CCc1cnc[nH]1. The Morgan fingerprint density at radius 1 is 1.28 bits per heavy atom. The molecule has 0 atom stereocenters. The van der Waals surface area contributed by atoms with Crippen LogP contribution >= 0.6 is 0 Å². The average Bonchev–Trinajstić information content (AvgIpc) is 3.30. The van der Waals surface area contributed by atoms with Crippen LogP contribution in [0.3, 0.4) is 0 Å². The van der Waals surface area contributed by atoms with Crippen molar-refractivity contribution in [1.29, 1.82) is 0 Å². The lowest BCUT2D eigenvalue weighted by atomic mass is 9.96. The number of unbranched alkanes of at least 4 members (excludes halogenated alkanes) is 1. The number of amides is 1. The van der Waals surface area contributed by atoms with Crippen LogP contribution < -0.4 is 10.5 Å². The van der Waals surface area contributed by atoms with Crippen LogP contribution in [-0.2, 0) is 19.4 Å². The molecule has 2 heterocycles. The van der Waals surface area contributed by atoms with Gasteiger partial charge in [-0.15, -0.1) is 0 Å². The number of aryl methyl sites for hydroxylation is 2. The number of aromatic nitrogens is 3. The zero-order chi connectivity index (χ0) is 21.0. The first-order valence-electron chi connectivity index (χ1n) is 10.1. The zero-order valence-electron chi connectivity index (χ0n) is 17.7. The Labute approximate surface area is 172 Å². The van der Waals surface area contributed by atoms with Crippen LogP contribution in [0.5, 0.6) is 5.75 Å². The second-order valence-corrected chi connectivity index (χ2v) is 7.41. The molecule has 0 fully saturated rings. The third kappa shape index (κ3) is 4.21. The highest BCUT2D eigenvalue weighted by Crippen LogP contribution is 2.36. The molecular weight excluding hydrogens is 364 g/mol. The molecule has 29 heavy (non-hydrogen) atoms. The number of nitrogens with one attached hydrogen (secondary N) is 1. The number of nitrogens with zero attached hydrogens (tertiary/aromatic N) is 2. The Morgan fingerprint density at radius 2 is 2.07 bits per heavy atom. The number of ether oxygens (including phenoxy) is 1. The Hall–Kier alpha value is -3.02. The molecule has 0 aliphatic heterocycles. The van der Waals surface area contributed by atoms with Crippen LogP contribution in [0, 0.1) is 13.8 Å². The molecule has 2 aromatic heterocycles. The maximum Gasteiger partial charge on any atom is 0.251 e. The van der Waals surface area contributed by atoms with Gasteiger partial charge in [0.05, 0.1) is 19.0 Å². The Morgan fingerprint density at radius 3 is 2.66 bits per heavy atom. The van der Waals surface area contributed by atoms with Crippen molar-refractivity contribution in [3.8, 4) is 16.9 Å². The fourth-order valence-corrected chi connectivity index (χ4v) is 4.00. The normalized spacial score (nSPS) is 11.0. The minimum Gasteiger partial charge on any atom is -0.496 e. The number of hydrogen-bond acceptors (Lipinski definition) is 3. The Kier molecular flexibility index (Phi) is 6.42. The summed E-state index contributed by atoms with van der Waals surface area (Å²) < 4.78 is 7.67. The third-order valence-electron chi connectivity index (χ3n) is 5.49. The molecule has 1 amide bonds. The summed E-state index contributed by atoms with van der Waals surface area (Å²) in [6.45, 7) is 6.95. The van der Waals surface area contributed by atoms with E-state index in [1.165, 1.54) is 5.69 Å². The lowest BCUT2D eigenvalue weighted by Crippen LogP contribution is -2.14. The summed E-state index contributed by atoms with van der Waals surface area (Å²) in [7, 11) is 1.67. The van der Waals surface area contributed by atoms with E-state index in [2.05, 4.69) is 27.5 Å². The van der Waals surface area contributed by atoms with Gasteiger partial charge in [-0.3, -0.25) is 4.79 Å². The lowest BCUT2D eigenvalue weighted by molar-refractivity contribution is 0.1000. The van der Waals surface area contributed by atoms with Crippen molar-refractivity contribution in [3.63, 3.8) is 0 Å². The van der Waals surface area contributed by atoms with E-state index in [1.807, 2.05) is 32.2 Å². The number of nitrogens with two attached hydrogens (primary N) is 1. The Balaban J connectivity index is 2.14. The van der Waals surface area contributed by atoms with E-state index in [0.717, 1.165) is 66.1 Å². The number of rotatable bonds is 9. The minimum absolute atomic E-state index is 0.385. The molecule has 6 heteroatoms. The van der Waals surface area contributed by atoms with Gasteiger partial charge in [-0.05, 0) is 49.9 Å². The topological polar surface area (TPSA) is 85.9 Å². The van der Waals surface area contributed by atoms with Gasteiger partial charge in [-0.25, -0.2) is 4.98 Å². The monoisotopic (exact) mass is 394 g/mol. The number of methoxy groups -OCH3 is 1. The second kappa shape index (κ2) is 8.99. The van der Waals surface area contributed by atoms with Crippen LogP contribution in [0.15, 0.2) is 30.7 Å². The third-order valence-corrected chi connectivity index (χ3v) is 5.49. The fourth-order valence-electron chi connectivity index (χ4n) is 4.00. The molecule has 0 bridgehead atoms. The standard InChI is InChI=1S/C23H30N4O2/c1-5-6-7-19-22(17-8-9-20(29-4)15(2)12-17)21(23(24)28)16(3)27(19)11-10-18-13-25-14-26-18/h8-9,12-14H,5-7,10-11H2,1-4H3,(H2,24,28)(H,25,26). The van der Waals surface area contributed by atoms with Crippen LogP contribution in [0.25, 0.3) is 11.1 Å². The molecule has 0 saturated heterocycles. The highest BCUT2D eigenvalue weighted by atomic mass is 16.5. The molecule has 3 rings (SSSR count). The summed E-state index contributed by atoms with van der Waals surface area (Å²) in [4.78, 5) is 19.7. The van der Waals surface area contributed by atoms with Crippen molar-refractivity contribution in [1.82, 2.24) is 14.5 Å². The van der Waals surface area contributed by atoms with Gasteiger partial charge in [0, 0.05) is 41.8 Å². The highest BCUT2D eigenvalue weighted by Gasteiger charge is 2.24. The minimum atomic E-state index is -0.385. The van der Waals surface area contributed by atoms with Crippen LogP contribution in [-0.4, -0.2) is 27.6 Å². The number of imidazole rings is 1. The van der Waals surface area contributed by atoms with Gasteiger partial charge in [0.25, 0.3) is 5.91 Å². The predicted molar refractivity (Wildman–Crippen MR) is 115 cm³/mol. The number of carbonyl (C=O) groups excluding carboxylic acids is 1. The quantitative estimate of drug-likeness (QED) is 0.571. The van der Waals surface area contributed by atoms with Gasteiger partial charge < -0.3 is 20.0 Å². The number of primary amides is 1. The molecule has 0 aliphatic carbocycles. The van der Waals surface area contributed by atoms with E-state index in [0.29, 0.717) is 5.56 Å². The number of H-pyrrole nitrogens is 1. The second-order valence-electron chi connectivity index (χ2n) is 7.41. The molecule has 0 spiro atoms.